The van der Waals surface area contributed by atoms with Crippen LogP contribution in [0.1, 0.15) is 56.6 Å². The zero-order valence-electron chi connectivity index (χ0n) is 31.4. The number of aliphatic imine (C=N–C) groups is 1. The van der Waals surface area contributed by atoms with Crippen molar-refractivity contribution in [2.24, 2.45) is 22.4 Å². The Balaban J connectivity index is 1.37. The van der Waals surface area contributed by atoms with E-state index in [1.807, 2.05) is 12.1 Å². The molecule has 1 aromatic carbocycles. The van der Waals surface area contributed by atoms with Gasteiger partial charge in [0.2, 0.25) is 23.6 Å². The number of amides is 5. The van der Waals surface area contributed by atoms with Crippen molar-refractivity contribution in [3.8, 4) is 11.5 Å². The average Bonchev–Trinajstić information content (AvgIpc) is 3.47. The van der Waals surface area contributed by atoms with Gasteiger partial charge in [0.25, 0.3) is 0 Å². The number of ether oxygens (including phenoxy) is 3. The Kier molecular flexibility index (Phi) is 12.1. The first-order valence-electron chi connectivity index (χ1n) is 18.1. The molecule has 1 heterocycles. The van der Waals surface area contributed by atoms with Gasteiger partial charge in [0.15, 0.2) is 23.6 Å². The van der Waals surface area contributed by atoms with Gasteiger partial charge in [-0.3, -0.25) is 33.9 Å². The molecule has 4 aliphatic rings. The molecule has 0 unspecified atom stereocenters. The van der Waals surface area contributed by atoms with Crippen LogP contribution in [0.2, 0.25) is 0 Å². The van der Waals surface area contributed by atoms with Crippen molar-refractivity contribution in [2.75, 3.05) is 47.4 Å². The highest BCUT2D eigenvalue weighted by Crippen LogP contribution is 2.67. The maximum Gasteiger partial charge on any atom is 0.415 e. The highest BCUT2D eigenvalue weighted by atomic mass is 16.6. The third-order valence-electron chi connectivity index (χ3n) is 11.0. The highest BCUT2D eigenvalue weighted by molar-refractivity contribution is 5.91. The number of carboxylic acids is 1. The van der Waals surface area contributed by atoms with Crippen molar-refractivity contribution < 1.29 is 53.2 Å². The Morgan fingerprint density at radius 3 is 2.56 bits per heavy atom. The predicted molar refractivity (Wildman–Crippen MR) is 195 cm³/mol. The summed E-state index contributed by atoms with van der Waals surface area (Å²) >= 11 is 0. The number of nitrogens with zero attached hydrogens (tertiary/aromatic N) is 3. The summed E-state index contributed by atoms with van der Waals surface area (Å²) in [5, 5.41) is 29.2. The molecule has 0 radical (unpaired) electrons. The monoisotopic (exact) mass is 770 g/mol. The second kappa shape index (κ2) is 16.4. The van der Waals surface area contributed by atoms with E-state index in [0.29, 0.717) is 24.3 Å². The number of nitrogens with two attached hydrogens (primary N) is 2. The minimum atomic E-state index is -1.47. The molecule has 1 aliphatic heterocycles. The molecule has 6 atom stereocenters. The molecule has 3 aliphatic carbocycles. The van der Waals surface area contributed by atoms with Crippen molar-refractivity contribution in [3.63, 3.8) is 0 Å². The van der Waals surface area contributed by atoms with Gasteiger partial charge >= 0.3 is 12.1 Å². The molecule has 1 saturated carbocycles. The molecule has 1 aromatic rings. The lowest BCUT2D eigenvalue weighted by Crippen LogP contribution is -2.67. The average molecular weight is 771 g/mol. The molecule has 19 nitrogen and oxygen atoms in total. The van der Waals surface area contributed by atoms with E-state index in [1.54, 1.807) is 6.08 Å². The summed E-state index contributed by atoms with van der Waals surface area (Å²) in [6, 6.07) is 1.18. The van der Waals surface area contributed by atoms with E-state index in [9.17, 15) is 39.0 Å². The van der Waals surface area contributed by atoms with Gasteiger partial charge < -0.3 is 56.7 Å². The number of hydrogen-bond donors (Lipinski definition) is 7. The molecule has 1 spiro atoms. The topological polar surface area (TPSA) is 278 Å². The molecule has 300 valence electrons. The van der Waals surface area contributed by atoms with E-state index in [4.69, 9.17) is 25.7 Å². The molecule has 5 amide bonds. The normalized spacial score (nSPS) is 23.6. The van der Waals surface area contributed by atoms with Crippen LogP contribution in [0.4, 0.5) is 4.79 Å². The SMILES string of the molecule is COc1ccc2c3c1O[C@H]1C(OC(=O)N(C)[C@@H](CNC(=O)[C@H](CCCN=C(N)N)NC(=O)CNC(C)=O)C(=O)N(C)CC(=O)O)=CC[C@@]4(O)[C@H](CCC[C@]314)C2. The predicted octanol–water partition coefficient (Wildman–Crippen LogP) is -1.16. The van der Waals surface area contributed by atoms with Crippen LogP contribution in [0.15, 0.2) is 29.0 Å². The van der Waals surface area contributed by atoms with Gasteiger partial charge in [-0.2, -0.15) is 0 Å². The Bertz CT molecular complexity index is 1780. The summed E-state index contributed by atoms with van der Waals surface area (Å²) in [6.07, 6.45) is 3.15. The molecule has 55 heavy (non-hydrogen) atoms. The fraction of sp³-hybridized carbons (Fsp3) is 0.583. The number of carboxylic acid groups (broad SMARTS) is 1. The van der Waals surface area contributed by atoms with Crippen molar-refractivity contribution in [3.05, 3.63) is 35.1 Å². The third kappa shape index (κ3) is 7.97. The Morgan fingerprint density at radius 2 is 1.89 bits per heavy atom. The van der Waals surface area contributed by atoms with Crippen LogP contribution < -0.4 is 36.9 Å². The first kappa shape index (κ1) is 40.6. The lowest BCUT2D eigenvalue weighted by Gasteiger charge is -2.59. The van der Waals surface area contributed by atoms with Gasteiger partial charge in [0, 0.05) is 39.7 Å². The summed E-state index contributed by atoms with van der Waals surface area (Å²) in [4.78, 5) is 82.3. The molecular weight excluding hydrogens is 720 g/mol. The van der Waals surface area contributed by atoms with E-state index < -0.39 is 84.5 Å². The number of likely N-dealkylation sites (N-methyl/N-ethyl adjacent to an activating group) is 2. The summed E-state index contributed by atoms with van der Waals surface area (Å²) in [6.45, 7) is -0.241. The largest absolute Gasteiger partial charge is 0.493 e. The molecule has 0 saturated heterocycles. The summed E-state index contributed by atoms with van der Waals surface area (Å²) in [7, 11) is 4.03. The van der Waals surface area contributed by atoms with E-state index >= 15 is 0 Å². The quantitative estimate of drug-likeness (QED) is 0.0595. The molecule has 2 bridgehead atoms. The Morgan fingerprint density at radius 1 is 1.15 bits per heavy atom. The fourth-order valence-electron chi connectivity index (χ4n) is 8.45. The molecule has 5 rings (SSSR count). The van der Waals surface area contributed by atoms with Gasteiger partial charge in [0.1, 0.15) is 24.4 Å². The number of methoxy groups -OCH3 is 1. The summed E-state index contributed by atoms with van der Waals surface area (Å²) in [5.41, 5.74) is 10.6. The van der Waals surface area contributed by atoms with Crippen molar-refractivity contribution in [1.29, 1.82) is 0 Å². The highest BCUT2D eigenvalue weighted by Gasteiger charge is 2.71. The molecule has 0 aromatic heterocycles. The van der Waals surface area contributed by atoms with Crippen LogP contribution in [0.5, 0.6) is 11.5 Å². The zero-order valence-corrected chi connectivity index (χ0v) is 31.4. The summed E-state index contributed by atoms with van der Waals surface area (Å²) < 4.78 is 18.2. The van der Waals surface area contributed by atoms with Crippen LogP contribution in [0.25, 0.3) is 0 Å². The van der Waals surface area contributed by atoms with E-state index in [0.717, 1.165) is 33.8 Å². The third-order valence-corrected chi connectivity index (χ3v) is 11.0. The van der Waals surface area contributed by atoms with Gasteiger partial charge in [-0.15, -0.1) is 0 Å². The first-order valence-corrected chi connectivity index (χ1v) is 18.1. The number of hydrogen-bond acceptors (Lipinski definition) is 11. The standard InChI is InChI=1S/C36H50N8O11/c1-19(45)40-17-26(46)42-22(8-6-14-39-33(37)38)31(49)41-16-23(32(50)43(2)18-27(47)48)44(3)34(51)54-25-11-13-36(52)21-7-5-12-35(36)28-20(15-21)9-10-24(53-4)29(28)55-30(25)35/h9-11,21-23,30,52H,5-8,12-18H2,1-4H3,(H,40,45)(H,41,49)(H,42,46)(H,47,48)(H4,37,38,39)/t21-,22+,23+,30+,35+,36-/m1/s1. The minimum absolute atomic E-state index is 0.0451. The maximum atomic E-state index is 14.0. The lowest BCUT2D eigenvalue weighted by atomic mass is 9.47. The number of carbonyl (C=O) groups is 6. The molecule has 1 fully saturated rings. The van der Waals surface area contributed by atoms with Crippen molar-refractivity contribution >= 4 is 41.7 Å². The summed E-state index contributed by atoms with van der Waals surface area (Å²) in [5.74, 6) is -3.08. The van der Waals surface area contributed by atoms with Gasteiger partial charge in [0.05, 0.1) is 24.7 Å². The van der Waals surface area contributed by atoms with Crippen LogP contribution in [-0.4, -0.2) is 133 Å². The lowest BCUT2D eigenvalue weighted by molar-refractivity contribution is -0.150. The van der Waals surface area contributed by atoms with Crippen molar-refractivity contribution in [2.45, 2.75) is 81.1 Å². The van der Waals surface area contributed by atoms with E-state index in [2.05, 4.69) is 20.9 Å². The number of aliphatic carboxylic acids is 1. The Hall–Kier alpha value is -5.59. The number of guanidine groups is 1. The second-order valence-corrected chi connectivity index (χ2v) is 14.4. The zero-order chi connectivity index (χ0) is 40.2. The van der Waals surface area contributed by atoms with Gasteiger partial charge in [-0.1, -0.05) is 12.5 Å². The Labute approximate surface area is 317 Å². The number of carbonyl (C=O) groups excluding carboxylic acids is 5. The number of rotatable bonds is 16. The van der Waals surface area contributed by atoms with Gasteiger partial charge in [-0.05, 0) is 62.1 Å². The number of benzene rings is 1. The minimum Gasteiger partial charge on any atom is -0.493 e. The fourth-order valence-corrected chi connectivity index (χ4v) is 8.45. The first-order chi connectivity index (χ1) is 26.0. The number of nitrogens with one attached hydrogen (secondary N) is 3. The second-order valence-electron chi connectivity index (χ2n) is 14.4. The molecule has 19 heteroatoms. The maximum absolute atomic E-state index is 14.0. The van der Waals surface area contributed by atoms with Crippen molar-refractivity contribution in [1.82, 2.24) is 25.8 Å². The smallest absolute Gasteiger partial charge is 0.415 e. The van der Waals surface area contributed by atoms with E-state index in [1.165, 1.54) is 28.1 Å². The number of aliphatic hydroxyl groups is 1. The van der Waals surface area contributed by atoms with Crippen LogP contribution in [-0.2, 0) is 40.5 Å². The van der Waals surface area contributed by atoms with Crippen LogP contribution >= 0.6 is 0 Å². The van der Waals surface area contributed by atoms with Crippen LogP contribution in [0.3, 0.4) is 0 Å². The molecular formula is C36H50N8O11. The van der Waals surface area contributed by atoms with Crippen LogP contribution in [0, 0.1) is 5.92 Å². The van der Waals surface area contributed by atoms with E-state index in [-0.39, 0.29) is 43.4 Å². The molecule has 9 N–H and O–H groups in total. The van der Waals surface area contributed by atoms with Gasteiger partial charge in [-0.25, -0.2) is 4.79 Å².